The normalized spacial score (nSPS) is 22.9. The Morgan fingerprint density at radius 3 is 2.56 bits per heavy atom. The molecule has 1 aromatic heterocycles. The molecule has 2 fully saturated rings. The number of hydrogen-bond acceptors (Lipinski definition) is 5. The maximum Gasteiger partial charge on any atom is 0.407 e. The van der Waals surface area contributed by atoms with Crippen LogP contribution in [0.25, 0.3) is 10.9 Å². The highest BCUT2D eigenvalue weighted by molar-refractivity contribution is 5.82. The number of carbonyl (C=O) groups is 1. The van der Waals surface area contributed by atoms with Gasteiger partial charge in [0.2, 0.25) is 0 Å². The fourth-order valence-electron chi connectivity index (χ4n) is 4.00. The molecule has 1 N–H and O–H groups in total. The van der Waals surface area contributed by atoms with Crippen LogP contribution in [0.2, 0.25) is 0 Å². The molecule has 2 saturated heterocycles. The Bertz CT molecular complexity index is 842. The predicted octanol–water partition coefficient (Wildman–Crippen LogP) is 2.86. The summed E-state index contributed by atoms with van der Waals surface area (Å²) in [6, 6.07) is 8.33. The fourth-order valence-corrected chi connectivity index (χ4v) is 4.00. The zero-order chi connectivity index (χ0) is 17.6. The number of piperazine rings is 1. The van der Waals surface area contributed by atoms with Crippen molar-refractivity contribution in [3.8, 4) is 0 Å². The van der Waals surface area contributed by atoms with E-state index in [4.69, 9.17) is 0 Å². The van der Waals surface area contributed by atoms with Gasteiger partial charge >= 0.3 is 6.09 Å². The molecule has 0 aliphatic carbocycles. The van der Waals surface area contributed by atoms with E-state index in [-0.39, 0.29) is 17.8 Å². The predicted molar refractivity (Wildman–Crippen MR) is 91.9 cm³/mol. The molecule has 1 amide bonds. The first-order chi connectivity index (χ1) is 12.0. The fraction of sp³-hybridized carbons (Fsp3) is 0.412. The van der Waals surface area contributed by atoms with E-state index in [1.165, 1.54) is 12.1 Å². The smallest absolute Gasteiger partial charge is 0.407 e. The van der Waals surface area contributed by atoms with Crippen molar-refractivity contribution in [3.63, 3.8) is 0 Å². The largest absolute Gasteiger partial charge is 0.465 e. The Hall–Kier alpha value is -2.90. The van der Waals surface area contributed by atoms with Crippen molar-refractivity contribution in [2.24, 2.45) is 0 Å². The van der Waals surface area contributed by atoms with Crippen molar-refractivity contribution in [2.75, 3.05) is 18.0 Å². The molecule has 3 heterocycles. The maximum absolute atomic E-state index is 11.5. The number of anilines is 1. The molecule has 1 aromatic carbocycles. The summed E-state index contributed by atoms with van der Waals surface area (Å²) in [5, 5.41) is 21.1. The Balaban J connectivity index is 1.63. The minimum Gasteiger partial charge on any atom is -0.465 e. The van der Waals surface area contributed by atoms with Crippen molar-refractivity contribution < 1.29 is 14.8 Å². The minimum atomic E-state index is -0.840. The van der Waals surface area contributed by atoms with Crippen molar-refractivity contribution in [3.05, 3.63) is 40.4 Å². The van der Waals surface area contributed by atoms with Crippen LogP contribution >= 0.6 is 0 Å². The van der Waals surface area contributed by atoms with Crippen LogP contribution in [0.5, 0.6) is 0 Å². The molecular formula is C17H18N4O4. The summed E-state index contributed by atoms with van der Waals surface area (Å²) >= 11 is 0. The first-order valence-corrected chi connectivity index (χ1v) is 8.34. The molecule has 2 atom stereocenters. The highest BCUT2D eigenvalue weighted by Crippen LogP contribution is 2.31. The Kier molecular flexibility index (Phi) is 3.67. The van der Waals surface area contributed by atoms with Gasteiger partial charge in [0.05, 0.1) is 22.5 Å². The van der Waals surface area contributed by atoms with Gasteiger partial charge in [-0.15, -0.1) is 0 Å². The number of aromatic nitrogens is 1. The van der Waals surface area contributed by atoms with E-state index < -0.39 is 11.0 Å². The molecule has 2 aromatic rings. The summed E-state index contributed by atoms with van der Waals surface area (Å²) in [5.74, 6) is 0.795. The van der Waals surface area contributed by atoms with Crippen molar-refractivity contribution >= 4 is 28.5 Å². The third kappa shape index (κ3) is 2.73. The van der Waals surface area contributed by atoms with Crippen molar-refractivity contribution in [2.45, 2.75) is 31.3 Å². The number of hydrogen-bond donors (Lipinski definition) is 1. The number of piperidine rings is 1. The number of non-ortho nitro benzene ring substituents is 1. The van der Waals surface area contributed by atoms with Crippen LogP contribution in [0.1, 0.15) is 19.3 Å². The van der Waals surface area contributed by atoms with Gasteiger partial charge in [0.15, 0.2) is 0 Å². The zero-order valence-corrected chi connectivity index (χ0v) is 13.5. The van der Waals surface area contributed by atoms with E-state index in [1.807, 2.05) is 12.1 Å². The molecule has 130 valence electrons. The number of nitro benzene ring substituents is 1. The summed E-state index contributed by atoms with van der Waals surface area (Å²) in [7, 11) is 0. The molecule has 2 bridgehead atoms. The number of carboxylic acid groups (broad SMARTS) is 1. The van der Waals surface area contributed by atoms with E-state index in [0.29, 0.717) is 18.6 Å². The molecule has 2 aliphatic rings. The van der Waals surface area contributed by atoms with Crippen LogP contribution in [-0.4, -0.2) is 51.2 Å². The van der Waals surface area contributed by atoms with Crippen LogP contribution in [0.4, 0.5) is 16.3 Å². The van der Waals surface area contributed by atoms with E-state index in [9.17, 15) is 20.0 Å². The number of amides is 1. The third-order valence-corrected chi connectivity index (χ3v) is 5.14. The van der Waals surface area contributed by atoms with Crippen LogP contribution in [-0.2, 0) is 0 Å². The summed E-state index contributed by atoms with van der Waals surface area (Å²) in [6.45, 7) is 1.27. The molecule has 8 heteroatoms. The van der Waals surface area contributed by atoms with Crippen molar-refractivity contribution in [1.29, 1.82) is 0 Å². The Morgan fingerprint density at radius 2 is 1.92 bits per heavy atom. The van der Waals surface area contributed by atoms with E-state index >= 15 is 0 Å². The van der Waals surface area contributed by atoms with Gasteiger partial charge in [-0.1, -0.05) is 0 Å². The number of nitro groups is 1. The molecule has 2 unspecified atom stereocenters. The highest BCUT2D eigenvalue weighted by Gasteiger charge is 2.40. The third-order valence-electron chi connectivity index (χ3n) is 5.14. The van der Waals surface area contributed by atoms with Gasteiger partial charge in [0.25, 0.3) is 5.69 Å². The second kappa shape index (κ2) is 5.87. The number of benzene rings is 1. The van der Waals surface area contributed by atoms with Gasteiger partial charge in [0, 0.05) is 30.6 Å². The van der Waals surface area contributed by atoms with Gasteiger partial charge in [0.1, 0.15) is 5.82 Å². The van der Waals surface area contributed by atoms with Crippen LogP contribution in [0, 0.1) is 10.1 Å². The quantitative estimate of drug-likeness (QED) is 0.665. The average Bonchev–Trinajstić information content (AvgIpc) is 2.59. The SMILES string of the molecule is O=C(O)N1C2CCCC1CN(c1ccc3cc([N+](=O)[O-])ccc3n1)C2. The van der Waals surface area contributed by atoms with Crippen LogP contribution in [0.15, 0.2) is 30.3 Å². The lowest BCUT2D eigenvalue weighted by atomic mass is 9.91. The zero-order valence-electron chi connectivity index (χ0n) is 13.5. The van der Waals surface area contributed by atoms with Crippen LogP contribution < -0.4 is 4.90 Å². The first-order valence-electron chi connectivity index (χ1n) is 8.34. The average molecular weight is 342 g/mol. The molecular weight excluding hydrogens is 324 g/mol. The molecule has 25 heavy (non-hydrogen) atoms. The van der Waals surface area contributed by atoms with Gasteiger partial charge in [-0.25, -0.2) is 9.78 Å². The number of fused-ring (bicyclic) bond motifs is 3. The molecule has 2 aliphatic heterocycles. The van der Waals surface area contributed by atoms with Gasteiger partial charge < -0.3 is 10.0 Å². The summed E-state index contributed by atoms with van der Waals surface area (Å²) < 4.78 is 0. The molecule has 0 radical (unpaired) electrons. The monoisotopic (exact) mass is 342 g/mol. The van der Waals surface area contributed by atoms with Gasteiger partial charge in [-0.3, -0.25) is 15.0 Å². The maximum atomic E-state index is 11.5. The summed E-state index contributed by atoms with van der Waals surface area (Å²) in [6.07, 6.45) is 1.97. The number of rotatable bonds is 2. The number of nitrogens with zero attached hydrogens (tertiary/aromatic N) is 4. The summed E-state index contributed by atoms with van der Waals surface area (Å²) in [5.41, 5.74) is 0.751. The second-order valence-electron chi connectivity index (χ2n) is 6.64. The van der Waals surface area contributed by atoms with Crippen LogP contribution in [0.3, 0.4) is 0 Å². The molecule has 0 spiro atoms. The lowest BCUT2D eigenvalue weighted by molar-refractivity contribution is -0.384. The lowest BCUT2D eigenvalue weighted by Gasteiger charge is -2.49. The van der Waals surface area contributed by atoms with Crippen molar-refractivity contribution in [1.82, 2.24) is 9.88 Å². The molecule has 8 nitrogen and oxygen atoms in total. The van der Waals surface area contributed by atoms with E-state index in [2.05, 4.69) is 9.88 Å². The van der Waals surface area contributed by atoms with E-state index in [1.54, 1.807) is 11.0 Å². The molecule has 4 rings (SSSR count). The second-order valence-corrected chi connectivity index (χ2v) is 6.64. The Morgan fingerprint density at radius 1 is 1.20 bits per heavy atom. The van der Waals surface area contributed by atoms with E-state index in [0.717, 1.165) is 30.5 Å². The van der Waals surface area contributed by atoms with Gasteiger partial charge in [-0.05, 0) is 37.5 Å². The summed E-state index contributed by atoms with van der Waals surface area (Å²) in [4.78, 5) is 30.3. The minimum absolute atomic E-state index is 0.000595. The highest BCUT2D eigenvalue weighted by atomic mass is 16.6. The Labute approximate surface area is 143 Å². The standard InChI is InChI=1S/C17H18N4O4/c22-17(23)20-13-2-1-3-14(20)10-19(9-13)16-7-4-11-8-12(21(24)25)5-6-15(11)18-16/h4-8,13-14H,1-3,9-10H2,(H,22,23). The first kappa shape index (κ1) is 15.6. The topological polar surface area (TPSA) is 99.8 Å². The van der Waals surface area contributed by atoms with Gasteiger partial charge in [-0.2, -0.15) is 0 Å². The molecule has 0 saturated carbocycles. The number of pyridine rings is 1. The lowest BCUT2D eigenvalue weighted by Crippen LogP contribution is -2.62.